The predicted octanol–water partition coefficient (Wildman–Crippen LogP) is 5.31. The highest BCUT2D eigenvalue weighted by molar-refractivity contribution is 6.11. The Labute approximate surface area is 196 Å². The lowest BCUT2D eigenvalue weighted by Gasteiger charge is -2.06. The molecule has 0 unspecified atom stereocenters. The van der Waals surface area contributed by atoms with E-state index in [2.05, 4.69) is 16.8 Å². The Morgan fingerprint density at radius 2 is 1.44 bits per heavy atom. The first kappa shape index (κ1) is 24.1. The summed E-state index contributed by atoms with van der Waals surface area (Å²) in [5.74, 6) is -1.59. The highest BCUT2D eigenvalue weighted by Crippen LogP contribution is 2.27. The zero-order valence-electron chi connectivity index (χ0n) is 18.4. The van der Waals surface area contributed by atoms with Crippen LogP contribution in [0.4, 0.5) is 11.4 Å². The number of phenolic OH excluding ortho intramolecular Hbond substituents is 1. The van der Waals surface area contributed by atoms with Crippen LogP contribution in [0.3, 0.4) is 0 Å². The smallest absolute Gasteiger partial charge is 0.338 e. The van der Waals surface area contributed by atoms with E-state index < -0.39 is 11.9 Å². The summed E-state index contributed by atoms with van der Waals surface area (Å²) >= 11 is 0. The van der Waals surface area contributed by atoms with Gasteiger partial charge >= 0.3 is 11.9 Å². The maximum absolute atomic E-state index is 12.6. The van der Waals surface area contributed by atoms with Gasteiger partial charge in [0.25, 0.3) is 0 Å². The van der Waals surface area contributed by atoms with E-state index in [-0.39, 0.29) is 35.9 Å². The summed E-state index contributed by atoms with van der Waals surface area (Å²) in [5, 5.41) is 18.3. The number of ether oxygens (including phenoxy) is 2. The Morgan fingerprint density at radius 1 is 0.824 bits per heavy atom. The van der Waals surface area contributed by atoms with Crippen molar-refractivity contribution in [1.82, 2.24) is 0 Å². The third kappa shape index (κ3) is 6.46. The summed E-state index contributed by atoms with van der Waals surface area (Å²) in [6.45, 7) is 4.84. The van der Waals surface area contributed by atoms with E-state index in [1.165, 1.54) is 37.3 Å². The van der Waals surface area contributed by atoms with E-state index in [4.69, 9.17) is 9.47 Å². The van der Waals surface area contributed by atoms with Gasteiger partial charge in [0.05, 0.1) is 22.5 Å². The maximum atomic E-state index is 12.6. The SMILES string of the molecule is C=C(C)C(=O)OCCOC(=O)c1ccc(/N=N/c2ccc(O)c(C(=O)c3ccccc3)c2)cc1. The van der Waals surface area contributed by atoms with Gasteiger partial charge in [0.2, 0.25) is 0 Å². The number of aromatic hydroxyl groups is 1. The van der Waals surface area contributed by atoms with Crippen molar-refractivity contribution in [2.75, 3.05) is 13.2 Å². The Hall–Kier alpha value is -4.59. The predicted molar refractivity (Wildman–Crippen MR) is 125 cm³/mol. The molecule has 1 N–H and O–H groups in total. The maximum Gasteiger partial charge on any atom is 0.338 e. The molecule has 3 aromatic carbocycles. The van der Waals surface area contributed by atoms with Crippen LogP contribution in [0.5, 0.6) is 5.75 Å². The fourth-order valence-electron chi connectivity index (χ4n) is 2.77. The number of esters is 2. The van der Waals surface area contributed by atoms with Gasteiger partial charge in [0, 0.05) is 11.1 Å². The number of ketones is 1. The van der Waals surface area contributed by atoms with Crippen LogP contribution in [0.15, 0.2) is 95.2 Å². The van der Waals surface area contributed by atoms with Gasteiger partial charge in [0.1, 0.15) is 19.0 Å². The summed E-state index contributed by atoms with van der Waals surface area (Å²) in [5.41, 5.74) is 1.98. The number of carbonyl (C=O) groups is 3. The molecule has 0 spiro atoms. The van der Waals surface area contributed by atoms with E-state index in [1.54, 1.807) is 42.5 Å². The lowest BCUT2D eigenvalue weighted by molar-refractivity contribution is -0.140. The molecule has 0 heterocycles. The highest BCUT2D eigenvalue weighted by atomic mass is 16.6. The summed E-state index contributed by atoms with van der Waals surface area (Å²) in [6, 6.07) is 19.2. The number of rotatable bonds is 9. The van der Waals surface area contributed by atoms with Gasteiger partial charge in [-0.15, -0.1) is 0 Å². The van der Waals surface area contributed by atoms with Crippen molar-refractivity contribution in [3.05, 3.63) is 102 Å². The van der Waals surface area contributed by atoms with Crippen LogP contribution >= 0.6 is 0 Å². The number of phenols is 1. The molecule has 0 aromatic heterocycles. The second-order valence-electron chi connectivity index (χ2n) is 7.20. The molecule has 0 aliphatic carbocycles. The van der Waals surface area contributed by atoms with Gasteiger partial charge in [-0.25, -0.2) is 9.59 Å². The van der Waals surface area contributed by atoms with Gasteiger partial charge < -0.3 is 14.6 Å². The summed E-state index contributed by atoms with van der Waals surface area (Å²) in [4.78, 5) is 36.0. The van der Waals surface area contributed by atoms with Gasteiger partial charge in [0.15, 0.2) is 5.78 Å². The minimum atomic E-state index is -0.572. The van der Waals surface area contributed by atoms with Crippen molar-refractivity contribution in [3.63, 3.8) is 0 Å². The monoisotopic (exact) mass is 458 g/mol. The van der Waals surface area contributed by atoms with Crippen LogP contribution in [-0.4, -0.2) is 36.0 Å². The van der Waals surface area contributed by atoms with Crippen LogP contribution in [0.2, 0.25) is 0 Å². The lowest BCUT2D eigenvalue weighted by atomic mass is 10.0. The Morgan fingerprint density at radius 3 is 2.12 bits per heavy atom. The van der Waals surface area contributed by atoms with Crippen molar-refractivity contribution in [3.8, 4) is 5.75 Å². The van der Waals surface area contributed by atoms with Crippen molar-refractivity contribution in [1.29, 1.82) is 0 Å². The van der Waals surface area contributed by atoms with Crippen molar-refractivity contribution < 1.29 is 29.0 Å². The number of carbonyl (C=O) groups excluding carboxylic acids is 3. The van der Waals surface area contributed by atoms with E-state index in [0.717, 1.165) is 0 Å². The Bertz CT molecular complexity index is 1230. The fraction of sp³-hybridized carbons (Fsp3) is 0.115. The molecule has 0 atom stereocenters. The fourth-order valence-corrected chi connectivity index (χ4v) is 2.77. The number of benzene rings is 3. The molecule has 3 aromatic rings. The second-order valence-corrected chi connectivity index (χ2v) is 7.20. The molecule has 0 aliphatic heterocycles. The molecule has 34 heavy (non-hydrogen) atoms. The third-order valence-corrected chi connectivity index (χ3v) is 4.54. The second kappa shape index (κ2) is 11.3. The minimum Gasteiger partial charge on any atom is -0.507 e. The van der Waals surface area contributed by atoms with Crippen molar-refractivity contribution in [2.24, 2.45) is 10.2 Å². The first-order valence-electron chi connectivity index (χ1n) is 10.3. The highest BCUT2D eigenvalue weighted by Gasteiger charge is 2.14. The molecular formula is C26H22N2O6. The third-order valence-electron chi connectivity index (χ3n) is 4.54. The van der Waals surface area contributed by atoms with E-state index in [0.29, 0.717) is 22.5 Å². The average Bonchev–Trinajstić information content (AvgIpc) is 2.86. The zero-order chi connectivity index (χ0) is 24.5. The molecule has 8 heteroatoms. The van der Waals surface area contributed by atoms with Crippen LogP contribution in [0.25, 0.3) is 0 Å². The number of hydrogen-bond acceptors (Lipinski definition) is 8. The Kier molecular flexibility index (Phi) is 8.02. The summed E-state index contributed by atoms with van der Waals surface area (Å²) in [7, 11) is 0. The Balaban J connectivity index is 1.61. The topological polar surface area (TPSA) is 115 Å². The van der Waals surface area contributed by atoms with E-state index in [1.807, 2.05) is 0 Å². The normalized spacial score (nSPS) is 10.6. The van der Waals surface area contributed by atoms with Gasteiger partial charge in [-0.2, -0.15) is 10.2 Å². The molecule has 0 radical (unpaired) electrons. The standard InChI is InChI=1S/C26H22N2O6/c1-17(2)25(31)33-14-15-34-26(32)19-8-10-20(11-9-19)27-28-21-12-13-23(29)22(16-21)24(30)18-6-4-3-5-7-18/h3-13,16,29H,1,14-15H2,2H3/b28-27+. The molecule has 0 bridgehead atoms. The number of nitrogens with zero attached hydrogens (tertiary/aromatic N) is 2. The quantitative estimate of drug-likeness (QED) is 0.153. The van der Waals surface area contributed by atoms with Gasteiger partial charge in [-0.1, -0.05) is 36.9 Å². The van der Waals surface area contributed by atoms with E-state index >= 15 is 0 Å². The first-order valence-corrected chi connectivity index (χ1v) is 10.3. The van der Waals surface area contributed by atoms with Crippen molar-refractivity contribution >= 4 is 29.1 Å². The van der Waals surface area contributed by atoms with Gasteiger partial charge in [-0.3, -0.25) is 4.79 Å². The molecule has 8 nitrogen and oxygen atoms in total. The average molecular weight is 458 g/mol. The minimum absolute atomic E-state index is 0.0644. The molecule has 172 valence electrons. The molecule has 0 saturated heterocycles. The van der Waals surface area contributed by atoms with Crippen LogP contribution < -0.4 is 0 Å². The lowest BCUT2D eigenvalue weighted by Crippen LogP contribution is -2.14. The first-order chi connectivity index (χ1) is 16.3. The van der Waals surface area contributed by atoms with Crippen LogP contribution in [0, 0.1) is 0 Å². The molecule has 0 aliphatic rings. The molecule has 3 rings (SSSR count). The molecule has 0 fully saturated rings. The number of hydrogen-bond donors (Lipinski definition) is 1. The largest absolute Gasteiger partial charge is 0.507 e. The van der Waals surface area contributed by atoms with Gasteiger partial charge in [-0.05, 0) is 49.4 Å². The summed E-state index contributed by atoms with van der Waals surface area (Å²) in [6.07, 6.45) is 0. The molecule has 0 amide bonds. The molecule has 0 saturated carbocycles. The number of azo groups is 1. The molecular weight excluding hydrogens is 436 g/mol. The zero-order valence-corrected chi connectivity index (χ0v) is 18.4. The van der Waals surface area contributed by atoms with Crippen LogP contribution in [-0.2, 0) is 14.3 Å². The van der Waals surface area contributed by atoms with E-state index in [9.17, 15) is 19.5 Å². The summed E-state index contributed by atoms with van der Waals surface area (Å²) < 4.78 is 9.91. The van der Waals surface area contributed by atoms with Crippen LogP contribution in [0.1, 0.15) is 33.2 Å². The van der Waals surface area contributed by atoms with Crippen molar-refractivity contribution in [2.45, 2.75) is 6.92 Å².